The normalized spacial score (nSPS) is 26.0. The number of aliphatic hydroxyl groups is 1. The zero-order valence-corrected chi connectivity index (χ0v) is 10.7. The van der Waals surface area contributed by atoms with E-state index in [1.165, 1.54) is 43.6 Å². The first kappa shape index (κ1) is 13.3. The summed E-state index contributed by atoms with van der Waals surface area (Å²) in [5, 5.41) is 12.8. The molecule has 15 heavy (non-hydrogen) atoms. The Bertz CT molecular complexity index is 155. The van der Waals surface area contributed by atoms with Crippen molar-refractivity contribution in [3.8, 4) is 0 Å². The van der Waals surface area contributed by atoms with Gasteiger partial charge in [0.05, 0.1) is 6.10 Å². The van der Waals surface area contributed by atoms with Crippen molar-refractivity contribution in [2.75, 3.05) is 24.6 Å². The van der Waals surface area contributed by atoms with E-state index in [0.717, 1.165) is 13.1 Å². The van der Waals surface area contributed by atoms with Gasteiger partial charge in [-0.2, -0.15) is 11.8 Å². The van der Waals surface area contributed by atoms with E-state index in [-0.39, 0.29) is 6.10 Å². The molecule has 0 amide bonds. The highest BCUT2D eigenvalue weighted by molar-refractivity contribution is 7.99. The topological polar surface area (TPSA) is 32.3 Å². The first-order valence-electron chi connectivity index (χ1n) is 6.31. The van der Waals surface area contributed by atoms with Crippen molar-refractivity contribution in [2.45, 2.75) is 45.1 Å². The lowest BCUT2D eigenvalue weighted by Gasteiger charge is -2.12. The van der Waals surface area contributed by atoms with Crippen LogP contribution < -0.4 is 5.32 Å². The van der Waals surface area contributed by atoms with Crippen LogP contribution in [0.4, 0.5) is 0 Å². The summed E-state index contributed by atoms with van der Waals surface area (Å²) in [5.41, 5.74) is 0. The zero-order chi connectivity index (χ0) is 10.9. The van der Waals surface area contributed by atoms with E-state index in [1.54, 1.807) is 0 Å². The van der Waals surface area contributed by atoms with Gasteiger partial charge >= 0.3 is 0 Å². The number of thioether (sulfide) groups is 1. The van der Waals surface area contributed by atoms with Crippen molar-refractivity contribution in [2.24, 2.45) is 5.92 Å². The largest absolute Gasteiger partial charge is 0.391 e. The highest BCUT2D eigenvalue weighted by atomic mass is 32.2. The van der Waals surface area contributed by atoms with Crippen LogP contribution in [0.25, 0.3) is 0 Å². The number of unbranched alkanes of at least 4 members (excludes halogenated alkanes) is 3. The molecule has 0 spiro atoms. The zero-order valence-electron chi connectivity index (χ0n) is 9.87. The van der Waals surface area contributed by atoms with Gasteiger partial charge < -0.3 is 10.4 Å². The van der Waals surface area contributed by atoms with Crippen LogP contribution in [0.2, 0.25) is 0 Å². The van der Waals surface area contributed by atoms with Crippen molar-refractivity contribution in [3.63, 3.8) is 0 Å². The summed E-state index contributed by atoms with van der Waals surface area (Å²) in [6.07, 6.45) is 6.54. The maximum Gasteiger partial charge on any atom is 0.0705 e. The van der Waals surface area contributed by atoms with Gasteiger partial charge in [-0.15, -0.1) is 0 Å². The second kappa shape index (κ2) is 8.43. The van der Waals surface area contributed by atoms with Crippen LogP contribution in [0.5, 0.6) is 0 Å². The minimum Gasteiger partial charge on any atom is -0.391 e. The van der Waals surface area contributed by atoms with Crippen molar-refractivity contribution in [1.29, 1.82) is 0 Å². The molecule has 1 heterocycles. The van der Waals surface area contributed by atoms with Crippen molar-refractivity contribution < 1.29 is 5.11 Å². The fourth-order valence-corrected chi connectivity index (χ4v) is 3.06. The summed E-state index contributed by atoms with van der Waals surface area (Å²) >= 11 is 2.05. The number of rotatable bonds is 8. The quantitative estimate of drug-likeness (QED) is 0.629. The molecule has 0 aromatic carbocycles. The Balaban J connectivity index is 1.84. The summed E-state index contributed by atoms with van der Waals surface area (Å²) in [4.78, 5) is 0. The van der Waals surface area contributed by atoms with Crippen molar-refractivity contribution in [3.05, 3.63) is 0 Å². The molecule has 0 radical (unpaired) electrons. The Morgan fingerprint density at radius 3 is 2.73 bits per heavy atom. The summed E-state index contributed by atoms with van der Waals surface area (Å²) in [7, 11) is 0. The lowest BCUT2D eigenvalue weighted by molar-refractivity contribution is 0.146. The maximum atomic E-state index is 9.59. The third-order valence-electron chi connectivity index (χ3n) is 3.08. The van der Waals surface area contributed by atoms with Crippen molar-refractivity contribution in [1.82, 2.24) is 5.32 Å². The molecule has 1 aliphatic rings. The molecule has 2 N–H and O–H groups in total. The Morgan fingerprint density at radius 1 is 1.20 bits per heavy atom. The first-order chi connectivity index (χ1) is 7.34. The molecule has 0 aromatic rings. The van der Waals surface area contributed by atoms with E-state index in [0.29, 0.717) is 5.92 Å². The summed E-state index contributed by atoms with van der Waals surface area (Å²) in [5.74, 6) is 3.03. The predicted molar refractivity (Wildman–Crippen MR) is 68.5 cm³/mol. The van der Waals surface area contributed by atoms with Gasteiger partial charge in [-0.05, 0) is 30.3 Å². The average molecular weight is 231 g/mol. The maximum absolute atomic E-state index is 9.59. The van der Waals surface area contributed by atoms with Crippen molar-refractivity contribution >= 4 is 11.8 Å². The van der Waals surface area contributed by atoms with E-state index >= 15 is 0 Å². The van der Waals surface area contributed by atoms with E-state index in [2.05, 4.69) is 24.0 Å². The molecule has 90 valence electrons. The molecule has 0 bridgehead atoms. The van der Waals surface area contributed by atoms with Crippen LogP contribution in [-0.2, 0) is 0 Å². The van der Waals surface area contributed by atoms with Gasteiger partial charge in [-0.25, -0.2) is 0 Å². The summed E-state index contributed by atoms with van der Waals surface area (Å²) in [6, 6.07) is 0. The molecule has 0 saturated carbocycles. The lowest BCUT2D eigenvalue weighted by atomic mass is 10.0. The van der Waals surface area contributed by atoms with Gasteiger partial charge in [0.25, 0.3) is 0 Å². The summed E-state index contributed by atoms with van der Waals surface area (Å²) < 4.78 is 0. The number of aliphatic hydroxyl groups excluding tert-OH is 1. The highest BCUT2D eigenvalue weighted by Gasteiger charge is 2.23. The number of hydrogen-bond acceptors (Lipinski definition) is 3. The number of nitrogens with one attached hydrogen (secondary N) is 1. The van der Waals surface area contributed by atoms with Crippen LogP contribution in [0.3, 0.4) is 0 Å². The minimum atomic E-state index is -0.0920. The molecule has 0 aromatic heterocycles. The average Bonchev–Trinajstić information content (AvgIpc) is 2.63. The van der Waals surface area contributed by atoms with Crippen LogP contribution in [0.15, 0.2) is 0 Å². The molecule has 1 saturated heterocycles. The van der Waals surface area contributed by atoms with Crippen LogP contribution >= 0.6 is 11.8 Å². The Labute approximate surface area is 98.2 Å². The van der Waals surface area contributed by atoms with Gasteiger partial charge in [-0.3, -0.25) is 0 Å². The Kier molecular flexibility index (Phi) is 7.49. The van der Waals surface area contributed by atoms with E-state index in [4.69, 9.17) is 0 Å². The van der Waals surface area contributed by atoms with Gasteiger partial charge in [0, 0.05) is 13.1 Å². The number of β-amino-alcohol motifs (C(OH)–C–C–N with tert-alkyl or cyclic N) is 1. The fourth-order valence-electron chi connectivity index (χ4n) is 1.98. The molecule has 1 rings (SSSR count). The third kappa shape index (κ3) is 5.79. The highest BCUT2D eigenvalue weighted by Crippen LogP contribution is 2.17. The Morgan fingerprint density at radius 2 is 2.07 bits per heavy atom. The van der Waals surface area contributed by atoms with Gasteiger partial charge in [0.2, 0.25) is 0 Å². The van der Waals surface area contributed by atoms with Gasteiger partial charge in [-0.1, -0.05) is 26.2 Å². The second-order valence-electron chi connectivity index (χ2n) is 4.45. The lowest BCUT2D eigenvalue weighted by Crippen LogP contribution is -2.18. The smallest absolute Gasteiger partial charge is 0.0705 e. The molecule has 2 nitrogen and oxygen atoms in total. The SMILES string of the molecule is CCCCCCSCC[C@H]1CNC[C@@H]1O. The standard InChI is InChI=1S/C12H25NOS/c1-2-3-4-5-7-15-8-6-11-9-13-10-12(11)14/h11-14H,2-10H2,1H3/t11-,12-/m0/s1. The van der Waals surface area contributed by atoms with Crippen LogP contribution in [0, 0.1) is 5.92 Å². The third-order valence-corrected chi connectivity index (χ3v) is 4.18. The second-order valence-corrected chi connectivity index (χ2v) is 5.67. The molecule has 2 atom stereocenters. The van der Waals surface area contributed by atoms with Gasteiger partial charge in [0.1, 0.15) is 0 Å². The predicted octanol–water partition coefficient (Wildman–Crippen LogP) is 2.27. The number of hydrogen-bond donors (Lipinski definition) is 2. The van der Waals surface area contributed by atoms with E-state index in [9.17, 15) is 5.11 Å². The van der Waals surface area contributed by atoms with E-state index < -0.39 is 0 Å². The fraction of sp³-hybridized carbons (Fsp3) is 1.00. The van der Waals surface area contributed by atoms with E-state index in [1.807, 2.05) is 0 Å². The molecule has 0 unspecified atom stereocenters. The minimum absolute atomic E-state index is 0.0920. The monoisotopic (exact) mass is 231 g/mol. The Hall–Kier alpha value is 0.270. The molecular weight excluding hydrogens is 206 g/mol. The molecular formula is C12H25NOS. The molecule has 3 heteroatoms. The molecule has 1 fully saturated rings. The molecule has 0 aliphatic carbocycles. The van der Waals surface area contributed by atoms with Gasteiger partial charge in [0.15, 0.2) is 0 Å². The molecule has 1 aliphatic heterocycles. The van der Waals surface area contributed by atoms with Crippen LogP contribution in [0.1, 0.15) is 39.0 Å². The van der Waals surface area contributed by atoms with Crippen LogP contribution in [-0.4, -0.2) is 35.8 Å². The first-order valence-corrected chi connectivity index (χ1v) is 7.46. The summed E-state index contributed by atoms with van der Waals surface area (Å²) in [6.45, 7) is 4.06.